The van der Waals surface area contributed by atoms with Gasteiger partial charge in [0.25, 0.3) is 5.91 Å². The Kier molecular flexibility index (Phi) is 5.47. The normalized spacial score (nSPS) is 23.1. The van der Waals surface area contributed by atoms with E-state index in [4.69, 9.17) is 0 Å². The number of rotatable bonds is 4. The van der Waals surface area contributed by atoms with Crippen LogP contribution in [0.2, 0.25) is 0 Å². The first-order chi connectivity index (χ1) is 13.6. The summed E-state index contributed by atoms with van der Waals surface area (Å²) in [7, 11) is 0. The summed E-state index contributed by atoms with van der Waals surface area (Å²) in [6.07, 6.45) is 3.84. The summed E-state index contributed by atoms with van der Waals surface area (Å²) < 4.78 is 14.3. The summed E-state index contributed by atoms with van der Waals surface area (Å²) in [5, 5.41) is 11.1. The number of amides is 1. The number of aliphatic hydroxyl groups is 1. The van der Waals surface area contributed by atoms with E-state index in [9.17, 15) is 14.3 Å². The molecule has 28 heavy (non-hydrogen) atoms. The molecule has 0 radical (unpaired) electrons. The first-order valence-corrected chi connectivity index (χ1v) is 10.1. The van der Waals surface area contributed by atoms with Gasteiger partial charge in [-0.1, -0.05) is 36.4 Å². The lowest BCUT2D eigenvalue weighted by Crippen LogP contribution is -2.55. The summed E-state index contributed by atoms with van der Waals surface area (Å²) in [6.45, 7) is 3.60. The summed E-state index contributed by atoms with van der Waals surface area (Å²) in [4.78, 5) is 17.3. The Labute approximate surface area is 165 Å². The Morgan fingerprint density at radius 2 is 1.64 bits per heavy atom. The van der Waals surface area contributed by atoms with Crippen molar-refractivity contribution in [2.45, 2.75) is 31.3 Å². The molecule has 0 bridgehead atoms. The van der Waals surface area contributed by atoms with Crippen LogP contribution in [0.4, 0.5) is 4.39 Å². The van der Waals surface area contributed by atoms with Gasteiger partial charge in [0.2, 0.25) is 0 Å². The second-order valence-electron chi connectivity index (χ2n) is 8.06. The van der Waals surface area contributed by atoms with Crippen LogP contribution >= 0.6 is 0 Å². The van der Waals surface area contributed by atoms with E-state index in [0.717, 1.165) is 19.5 Å². The second-order valence-corrected chi connectivity index (χ2v) is 8.06. The third kappa shape index (κ3) is 3.96. The van der Waals surface area contributed by atoms with Gasteiger partial charge in [0.15, 0.2) is 0 Å². The summed E-state index contributed by atoms with van der Waals surface area (Å²) in [5.74, 6) is -0.481. The fourth-order valence-electron chi connectivity index (χ4n) is 4.53. The van der Waals surface area contributed by atoms with E-state index in [0.29, 0.717) is 42.7 Å². The number of β-amino-alcohol motifs (C(OH)–C–C–N with tert-alkyl or cyclic N) is 1. The summed E-state index contributed by atoms with van der Waals surface area (Å²) >= 11 is 0. The molecular weight excluding hydrogens is 355 g/mol. The van der Waals surface area contributed by atoms with Crippen molar-refractivity contribution in [2.75, 3.05) is 32.7 Å². The minimum atomic E-state index is -0.870. The number of halogens is 1. The molecule has 2 aromatic rings. The summed E-state index contributed by atoms with van der Waals surface area (Å²) in [6, 6.07) is 13.7. The third-order valence-electron chi connectivity index (χ3n) is 5.88. The molecule has 2 fully saturated rings. The van der Waals surface area contributed by atoms with Crippen molar-refractivity contribution in [3.8, 4) is 11.1 Å². The Bertz CT molecular complexity index is 850. The molecule has 5 heteroatoms. The molecule has 1 unspecified atom stereocenters. The van der Waals surface area contributed by atoms with Gasteiger partial charge in [0.05, 0.1) is 12.1 Å². The van der Waals surface area contributed by atoms with E-state index in [1.54, 1.807) is 41.3 Å². The minimum absolute atomic E-state index is 0.140. The molecule has 0 aromatic heterocycles. The molecule has 4 rings (SSSR count). The van der Waals surface area contributed by atoms with Crippen molar-refractivity contribution in [1.82, 2.24) is 9.80 Å². The van der Waals surface area contributed by atoms with E-state index in [2.05, 4.69) is 4.90 Å². The molecule has 2 heterocycles. The second kappa shape index (κ2) is 8.02. The van der Waals surface area contributed by atoms with Gasteiger partial charge < -0.3 is 14.9 Å². The number of hydrogen-bond acceptors (Lipinski definition) is 3. The van der Waals surface area contributed by atoms with E-state index in [-0.39, 0.29) is 11.7 Å². The highest BCUT2D eigenvalue weighted by atomic mass is 19.1. The van der Waals surface area contributed by atoms with Crippen LogP contribution in [0.25, 0.3) is 11.1 Å². The van der Waals surface area contributed by atoms with Gasteiger partial charge in [0.1, 0.15) is 5.82 Å². The zero-order valence-corrected chi connectivity index (χ0v) is 16.1. The van der Waals surface area contributed by atoms with Crippen molar-refractivity contribution in [3.05, 3.63) is 59.9 Å². The zero-order chi connectivity index (χ0) is 19.6. The van der Waals surface area contributed by atoms with Gasteiger partial charge in [-0.2, -0.15) is 0 Å². The maximum absolute atomic E-state index is 14.3. The van der Waals surface area contributed by atoms with E-state index >= 15 is 0 Å². The maximum Gasteiger partial charge on any atom is 0.254 e. The number of likely N-dealkylation sites (tertiary alicyclic amines) is 2. The third-order valence-corrected chi connectivity index (χ3v) is 5.88. The van der Waals surface area contributed by atoms with Crippen LogP contribution in [0.3, 0.4) is 0 Å². The Hall–Kier alpha value is -2.24. The van der Waals surface area contributed by atoms with Crippen LogP contribution in [-0.4, -0.2) is 59.1 Å². The molecule has 1 atom stereocenters. The molecule has 2 aromatic carbocycles. The molecule has 1 amide bonds. The predicted octanol–water partition coefficient (Wildman–Crippen LogP) is 3.56. The van der Waals surface area contributed by atoms with Crippen molar-refractivity contribution in [2.24, 2.45) is 0 Å². The molecule has 0 aliphatic carbocycles. The van der Waals surface area contributed by atoms with Gasteiger partial charge in [-0.3, -0.25) is 4.79 Å². The van der Waals surface area contributed by atoms with Crippen LogP contribution in [0.15, 0.2) is 48.5 Å². The molecular formula is C23H27FN2O2. The fourth-order valence-corrected chi connectivity index (χ4v) is 4.53. The van der Waals surface area contributed by atoms with Crippen LogP contribution in [0.1, 0.15) is 36.0 Å². The van der Waals surface area contributed by atoms with Crippen molar-refractivity contribution < 1.29 is 14.3 Å². The summed E-state index contributed by atoms with van der Waals surface area (Å²) in [5.41, 5.74) is 0.638. The fraction of sp³-hybridized carbons (Fsp3) is 0.435. The van der Waals surface area contributed by atoms with Crippen LogP contribution < -0.4 is 0 Å². The molecule has 4 nitrogen and oxygen atoms in total. The van der Waals surface area contributed by atoms with E-state index in [1.165, 1.54) is 18.9 Å². The number of benzene rings is 2. The van der Waals surface area contributed by atoms with Gasteiger partial charge in [0, 0.05) is 24.2 Å². The number of carbonyl (C=O) groups excluding carboxylic acids is 1. The van der Waals surface area contributed by atoms with Gasteiger partial charge >= 0.3 is 0 Å². The van der Waals surface area contributed by atoms with Crippen molar-refractivity contribution in [3.63, 3.8) is 0 Å². The minimum Gasteiger partial charge on any atom is -0.387 e. The number of piperidine rings is 1. The van der Waals surface area contributed by atoms with Crippen LogP contribution in [0, 0.1) is 5.82 Å². The van der Waals surface area contributed by atoms with Crippen LogP contribution in [0.5, 0.6) is 0 Å². The largest absolute Gasteiger partial charge is 0.387 e. The average molecular weight is 382 g/mol. The highest BCUT2D eigenvalue weighted by Crippen LogP contribution is 2.30. The molecule has 148 valence electrons. The Morgan fingerprint density at radius 3 is 2.39 bits per heavy atom. The SMILES string of the molecule is O=C(c1ccccc1-c1ccccc1F)N1CCCC(O)(CN2CCCC2)C1. The number of hydrogen-bond donors (Lipinski definition) is 1. The lowest BCUT2D eigenvalue weighted by atomic mass is 9.91. The van der Waals surface area contributed by atoms with Gasteiger partial charge in [-0.15, -0.1) is 0 Å². The molecule has 0 spiro atoms. The monoisotopic (exact) mass is 382 g/mol. The number of carbonyl (C=O) groups is 1. The Morgan fingerprint density at radius 1 is 0.964 bits per heavy atom. The maximum atomic E-state index is 14.3. The van der Waals surface area contributed by atoms with Crippen molar-refractivity contribution in [1.29, 1.82) is 0 Å². The molecule has 0 saturated carbocycles. The molecule has 2 aliphatic heterocycles. The van der Waals surface area contributed by atoms with Gasteiger partial charge in [-0.05, 0) is 56.5 Å². The predicted molar refractivity (Wildman–Crippen MR) is 108 cm³/mol. The van der Waals surface area contributed by atoms with Crippen LogP contribution in [-0.2, 0) is 0 Å². The average Bonchev–Trinajstić information content (AvgIpc) is 3.20. The smallest absolute Gasteiger partial charge is 0.254 e. The number of nitrogens with zero attached hydrogens (tertiary/aromatic N) is 2. The highest BCUT2D eigenvalue weighted by molar-refractivity contribution is 6.01. The lowest BCUT2D eigenvalue weighted by Gasteiger charge is -2.41. The highest BCUT2D eigenvalue weighted by Gasteiger charge is 2.37. The molecule has 1 N–H and O–H groups in total. The standard InChI is InChI=1S/C23H27FN2O2/c24-21-11-4-3-9-19(21)18-8-1-2-10-20(18)22(27)26-15-7-12-23(28,17-26)16-25-13-5-6-14-25/h1-4,8-11,28H,5-7,12-17H2. The first-order valence-electron chi connectivity index (χ1n) is 10.1. The van der Waals surface area contributed by atoms with E-state index < -0.39 is 5.60 Å². The first kappa shape index (κ1) is 19.1. The van der Waals surface area contributed by atoms with Gasteiger partial charge in [-0.25, -0.2) is 4.39 Å². The zero-order valence-electron chi connectivity index (χ0n) is 16.1. The molecule has 2 saturated heterocycles. The quantitative estimate of drug-likeness (QED) is 0.879. The molecule has 2 aliphatic rings. The van der Waals surface area contributed by atoms with Crippen molar-refractivity contribution >= 4 is 5.91 Å². The van der Waals surface area contributed by atoms with E-state index in [1.807, 2.05) is 6.07 Å². The Balaban J connectivity index is 1.57. The topological polar surface area (TPSA) is 43.8 Å². The lowest BCUT2D eigenvalue weighted by molar-refractivity contribution is -0.0430.